The summed E-state index contributed by atoms with van der Waals surface area (Å²) in [5.41, 5.74) is 1.50. The van der Waals surface area contributed by atoms with E-state index >= 15 is 0 Å². The maximum absolute atomic E-state index is 11.9. The highest BCUT2D eigenvalue weighted by atomic mass is 16.6. The smallest absolute Gasteiger partial charge is 0.292 e. The Bertz CT molecular complexity index is 783. The van der Waals surface area contributed by atoms with Gasteiger partial charge in [-0.1, -0.05) is 18.2 Å². The maximum atomic E-state index is 11.9. The minimum absolute atomic E-state index is 0.00951. The van der Waals surface area contributed by atoms with Crippen LogP contribution in [0.4, 0.5) is 17.1 Å². The SMILES string of the molecule is N#Cc1cccc(NC(=O)CCCNc2ccccc2[N+](=O)[O-])c1. The fraction of sp³-hybridized carbons (Fsp3) is 0.176. The fourth-order valence-electron chi connectivity index (χ4n) is 2.14. The first-order chi connectivity index (χ1) is 11.6. The second-order valence-corrected chi connectivity index (χ2v) is 5.05. The summed E-state index contributed by atoms with van der Waals surface area (Å²) in [6.45, 7) is 0.441. The number of amides is 1. The van der Waals surface area contributed by atoms with Crippen molar-refractivity contribution in [1.29, 1.82) is 5.26 Å². The summed E-state index contributed by atoms with van der Waals surface area (Å²) in [4.78, 5) is 22.3. The monoisotopic (exact) mass is 324 g/mol. The summed E-state index contributed by atoms with van der Waals surface area (Å²) in [5.74, 6) is -0.172. The lowest BCUT2D eigenvalue weighted by atomic mass is 10.2. The average Bonchev–Trinajstić information content (AvgIpc) is 2.59. The van der Waals surface area contributed by atoms with Crippen LogP contribution in [0.2, 0.25) is 0 Å². The van der Waals surface area contributed by atoms with Crippen LogP contribution in [0, 0.1) is 21.4 Å². The molecule has 0 aliphatic heterocycles. The van der Waals surface area contributed by atoms with Gasteiger partial charge in [0.1, 0.15) is 5.69 Å². The molecule has 2 aromatic carbocycles. The van der Waals surface area contributed by atoms with Gasteiger partial charge < -0.3 is 10.6 Å². The number of carbonyl (C=O) groups excluding carboxylic acids is 1. The van der Waals surface area contributed by atoms with Crippen LogP contribution in [-0.4, -0.2) is 17.4 Å². The molecule has 0 saturated heterocycles. The van der Waals surface area contributed by atoms with E-state index in [0.29, 0.717) is 29.9 Å². The second-order valence-electron chi connectivity index (χ2n) is 5.05. The molecule has 7 heteroatoms. The normalized spacial score (nSPS) is 9.79. The Morgan fingerprint density at radius 3 is 2.75 bits per heavy atom. The van der Waals surface area contributed by atoms with Crippen LogP contribution >= 0.6 is 0 Å². The molecule has 24 heavy (non-hydrogen) atoms. The van der Waals surface area contributed by atoms with Crippen molar-refractivity contribution in [3.8, 4) is 6.07 Å². The quantitative estimate of drug-likeness (QED) is 0.461. The zero-order chi connectivity index (χ0) is 17.4. The highest BCUT2D eigenvalue weighted by molar-refractivity contribution is 5.90. The summed E-state index contributed by atoms with van der Waals surface area (Å²) < 4.78 is 0. The zero-order valence-corrected chi connectivity index (χ0v) is 12.9. The first-order valence-corrected chi connectivity index (χ1v) is 7.37. The summed E-state index contributed by atoms with van der Waals surface area (Å²) in [6, 6.07) is 15.1. The third-order valence-electron chi connectivity index (χ3n) is 3.27. The topological polar surface area (TPSA) is 108 Å². The number of hydrogen-bond donors (Lipinski definition) is 2. The van der Waals surface area contributed by atoms with Crippen LogP contribution in [0.3, 0.4) is 0 Å². The van der Waals surface area contributed by atoms with Gasteiger partial charge in [0.15, 0.2) is 0 Å². The molecule has 2 rings (SSSR count). The molecule has 0 unspecified atom stereocenters. The first-order valence-electron chi connectivity index (χ1n) is 7.37. The number of rotatable bonds is 7. The molecule has 0 spiro atoms. The van der Waals surface area contributed by atoms with E-state index in [1.807, 2.05) is 6.07 Å². The molecule has 0 atom stereocenters. The molecule has 122 valence electrons. The molecule has 0 aliphatic rings. The van der Waals surface area contributed by atoms with E-state index in [-0.39, 0.29) is 18.0 Å². The van der Waals surface area contributed by atoms with Crippen LogP contribution in [0.1, 0.15) is 18.4 Å². The van der Waals surface area contributed by atoms with E-state index < -0.39 is 4.92 Å². The Morgan fingerprint density at radius 2 is 2.00 bits per heavy atom. The first kappa shape index (κ1) is 17.0. The molecule has 0 aliphatic carbocycles. The van der Waals surface area contributed by atoms with Gasteiger partial charge in [-0.25, -0.2) is 0 Å². The van der Waals surface area contributed by atoms with Crippen LogP contribution in [-0.2, 0) is 4.79 Å². The number of nitriles is 1. The number of nitrogens with zero attached hydrogens (tertiary/aromatic N) is 2. The van der Waals surface area contributed by atoms with Gasteiger partial charge in [0.05, 0.1) is 16.6 Å². The number of para-hydroxylation sites is 2. The number of nitro groups is 1. The molecule has 7 nitrogen and oxygen atoms in total. The van der Waals surface area contributed by atoms with Crippen molar-refractivity contribution in [2.45, 2.75) is 12.8 Å². The Labute approximate surface area is 139 Å². The Hall–Kier alpha value is -3.40. The molecule has 0 heterocycles. The van der Waals surface area contributed by atoms with E-state index in [2.05, 4.69) is 10.6 Å². The summed E-state index contributed by atoms with van der Waals surface area (Å²) in [7, 11) is 0. The number of carbonyl (C=O) groups is 1. The van der Waals surface area contributed by atoms with Crippen LogP contribution in [0.25, 0.3) is 0 Å². The van der Waals surface area contributed by atoms with Crippen LogP contribution in [0.15, 0.2) is 48.5 Å². The molecule has 0 aromatic heterocycles. The van der Waals surface area contributed by atoms with Gasteiger partial charge in [-0.05, 0) is 30.7 Å². The minimum atomic E-state index is -0.447. The fourth-order valence-corrected chi connectivity index (χ4v) is 2.14. The van der Waals surface area contributed by atoms with Crippen LogP contribution in [0.5, 0.6) is 0 Å². The summed E-state index contributed by atoms with van der Waals surface area (Å²) >= 11 is 0. The third-order valence-corrected chi connectivity index (χ3v) is 3.27. The molecule has 0 radical (unpaired) electrons. The van der Waals surface area contributed by atoms with Crippen molar-refractivity contribution in [3.05, 3.63) is 64.2 Å². The lowest BCUT2D eigenvalue weighted by molar-refractivity contribution is -0.384. The van der Waals surface area contributed by atoms with Gasteiger partial charge in [0.25, 0.3) is 5.69 Å². The maximum Gasteiger partial charge on any atom is 0.292 e. The highest BCUT2D eigenvalue weighted by Gasteiger charge is 2.11. The van der Waals surface area contributed by atoms with Gasteiger partial charge in [0.2, 0.25) is 5.91 Å². The van der Waals surface area contributed by atoms with Gasteiger partial charge in [0, 0.05) is 24.7 Å². The van der Waals surface area contributed by atoms with Crippen LogP contribution < -0.4 is 10.6 Å². The van der Waals surface area contributed by atoms with Gasteiger partial charge in [-0.2, -0.15) is 5.26 Å². The summed E-state index contributed by atoms with van der Waals surface area (Å²) in [6.07, 6.45) is 0.792. The molecule has 0 saturated carbocycles. The average molecular weight is 324 g/mol. The van der Waals surface area contributed by atoms with Gasteiger partial charge in [-0.3, -0.25) is 14.9 Å². The number of nitrogens with one attached hydrogen (secondary N) is 2. The second kappa shape index (κ2) is 8.29. The molecule has 1 amide bonds. The predicted octanol–water partition coefficient (Wildman–Crippen LogP) is 3.30. The lowest BCUT2D eigenvalue weighted by Gasteiger charge is -2.08. The number of nitro benzene ring substituents is 1. The zero-order valence-electron chi connectivity index (χ0n) is 12.9. The largest absolute Gasteiger partial charge is 0.379 e. The van der Waals surface area contributed by atoms with Crippen molar-refractivity contribution in [3.63, 3.8) is 0 Å². The summed E-state index contributed by atoms with van der Waals surface area (Å²) in [5, 5.41) is 25.4. The predicted molar refractivity (Wildman–Crippen MR) is 90.6 cm³/mol. The highest BCUT2D eigenvalue weighted by Crippen LogP contribution is 2.23. The van der Waals surface area contributed by atoms with E-state index in [1.165, 1.54) is 6.07 Å². The van der Waals surface area contributed by atoms with Crippen molar-refractivity contribution in [2.75, 3.05) is 17.2 Å². The van der Waals surface area contributed by atoms with E-state index in [9.17, 15) is 14.9 Å². The van der Waals surface area contributed by atoms with Crippen molar-refractivity contribution >= 4 is 23.0 Å². The molecular formula is C17H16N4O3. The molecular weight excluding hydrogens is 308 g/mol. The van der Waals surface area contributed by atoms with Gasteiger partial charge >= 0.3 is 0 Å². The number of hydrogen-bond acceptors (Lipinski definition) is 5. The molecule has 0 fully saturated rings. The van der Waals surface area contributed by atoms with Crippen molar-refractivity contribution in [1.82, 2.24) is 0 Å². The Kier molecular flexibility index (Phi) is 5.86. The van der Waals surface area contributed by atoms with E-state index in [1.54, 1.807) is 42.5 Å². The Balaban J connectivity index is 1.79. The molecule has 0 bridgehead atoms. The number of anilines is 2. The van der Waals surface area contributed by atoms with Gasteiger partial charge in [-0.15, -0.1) is 0 Å². The van der Waals surface area contributed by atoms with E-state index in [0.717, 1.165) is 0 Å². The van der Waals surface area contributed by atoms with E-state index in [4.69, 9.17) is 5.26 Å². The van der Waals surface area contributed by atoms with Crippen molar-refractivity contribution < 1.29 is 9.72 Å². The Morgan fingerprint density at radius 1 is 1.21 bits per heavy atom. The van der Waals surface area contributed by atoms with Crippen molar-refractivity contribution in [2.24, 2.45) is 0 Å². The lowest BCUT2D eigenvalue weighted by Crippen LogP contribution is -2.13. The number of benzene rings is 2. The minimum Gasteiger partial charge on any atom is -0.379 e. The molecule has 2 aromatic rings. The third kappa shape index (κ3) is 4.81. The standard InChI is InChI=1S/C17H16N4O3/c18-12-13-5-3-6-14(11-13)20-17(22)9-4-10-19-15-7-1-2-8-16(15)21(23)24/h1-3,5-8,11,19H,4,9-10H2,(H,20,22). The molecule has 2 N–H and O–H groups in total.